The van der Waals surface area contributed by atoms with Crippen LogP contribution < -0.4 is 5.73 Å². The standard InChI is InChI=1S/C11H20N2O2/c1-15-10(14)13-7-3-9(4-8-13)11(12)5-2-6-11/h9H,2-8,12H2,1H3. The molecule has 4 nitrogen and oxygen atoms in total. The highest BCUT2D eigenvalue weighted by Gasteiger charge is 2.41. The zero-order valence-electron chi connectivity index (χ0n) is 9.37. The Morgan fingerprint density at radius 3 is 2.40 bits per heavy atom. The molecule has 0 aromatic carbocycles. The Morgan fingerprint density at radius 1 is 1.40 bits per heavy atom. The van der Waals surface area contributed by atoms with E-state index in [0.29, 0.717) is 5.92 Å². The minimum atomic E-state index is -0.201. The molecule has 0 atom stereocenters. The predicted octanol–water partition coefficient (Wildman–Crippen LogP) is 1.35. The van der Waals surface area contributed by atoms with E-state index in [-0.39, 0.29) is 11.6 Å². The molecule has 1 aliphatic carbocycles. The summed E-state index contributed by atoms with van der Waals surface area (Å²) in [5.41, 5.74) is 6.38. The Balaban J connectivity index is 1.84. The third kappa shape index (κ3) is 1.95. The number of hydrogen-bond donors (Lipinski definition) is 1. The molecule has 1 saturated heterocycles. The van der Waals surface area contributed by atoms with Gasteiger partial charge in [-0.2, -0.15) is 0 Å². The number of likely N-dealkylation sites (tertiary alicyclic amines) is 1. The van der Waals surface area contributed by atoms with Crippen molar-refractivity contribution in [1.29, 1.82) is 0 Å². The maximum Gasteiger partial charge on any atom is 0.409 e. The van der Waals surface area contributed by atoms with Crippen LogP contribution in [0.3, 0.4) is 0 Å². The molecule has 0 aromatic heterocycles. The summed E-state index contributed by atoms with van der Waals surface area (Å²) < 4.78 is 4.71. The first-order valence-corrected chi connectivity index (χ1v) is 5.77. The topological polar surface area (TPSA) is 55.6 Å². The second-order valence-electron chi connectivity index (χ2n) is 4.82. The molecule has 1 heterocycles. The second kappa shape index (κ2) is 4.00. The summed E-state index contributed by atoms with van der Waals surface area (Å²) >= 11 is 0. The molecule has 0 aromatic rings. The molecule has 1 saturated carbocycles. The van der Waals surface area contributed by atoms with Gasteiger partial charge in [-0.1, -0.05) is 0 Å². The van der Waals surface area contributed by atoms with Crippen molar-refractivity contribution in [3.63, 3.8) is 0 Å². The highest BCUT2D eigenvalue weighted by Crippen LogP contribution is 2.40. The van der Waals surface area contributed by atoms with Crippen molar-refractivity contribution in [2.75, 3.05) is 20.2 Å². The van der Waals surface area contributed by atoms with Crippen molar-refractivity contribution in [3.05, 3.63) is 0 Å². The van der Waals surface area contributed by atoms with Crippen LogP contribution in [0.5, 0.6) is 0 Å². The summed E-state index contributed by atoms with van der Waals surface area (Å²) in [7, 11) is 1.44. The summed E-state index contributed by atoms with van der Waals surface area (Å²) in [4.78, 5) is 13.1. The van der Waals surface area contributed by atoms with Gasteiger partial charge in [0.05, 0.1) is 7.11 Å². The summed E-state index contributed by atoms with van der Waals surface area (Å²) in [5, 5.41) is 0. The number of methoxy groups -OCH3 is 1. The number of carbonyl (C=O) groups excluding carboxylic acids is 1. The molecule has 1 aliphatic heterocycles. The van der Waals surface area contributed by atoms with E-state index in [1.54, 1.807) is 4.90 Å². The number of ether oxygens (including phenoxy) is 1. The Hall–Kier alpha value is -0.770. The van der Waals surface area contributed by atoms with Crippen LogP contribution in [0, 0.1) is 5.92 Å². The molecule has 0 radical (unpaired) electrons. The van der Waals surface area contributed by atoms with E-state index in [0.717, 1.165) is 38.8 Å². The van der Waals surface area contributed by atoms with Gasteiger partial charge in [-0.25, -0.2) is 4.79 Å². The molecular weight excluding hydrogens is 192 g/mol. The van der Waals surface area contributed by atoms with Gasteiger partial charge >= 0.3 is 6.09 Å². The quantitative estimate of drug-likeness (QED) is 0.713. The SMILES string of the molecule is COC(=O)N1CCC(C2(N)CCC2)CC1. The van der Waals surface area contributed by atoms with Gasteiger partial charge in [0.25, 0.3) is 0 Å². The first-order chi connectivity index (χ1) is 7.15. The normalized spacial score (nSPS) is 25.9. The molecule has 0 spiro atoms. The third-order valence-electron chi connectivity index (χ3n) is 4.03. The Kier molecular flexibility index (Phi) is 2.87. The van der Waals surface area contributed by atoms with E-state index in [9.17, 15) is 4.79 Å². The number of nitrogens with zero attached hydrogens (tertiary/aromatic N) is 1. The highest BCUT2D eigenvalue weighted by atomic mass is 16.5. The van der Waals surface area contributed by atoms with Crippen LogP contribution in [-0.4, -0.2) is 36.7 Å². The van der Waals surface area contributed by atoms with Gasteiger partial charge in [0, 0.05) is 18.6 Å². The maximum atomic E-state index is 11.3. The molecule has 0 unspecified atom stereocenters. The minimum Gasteiger partial charge on any atom is -0.453 e. The van der Waals surface area contributed by atoms with Gasteiger partial charge in [-0.15, -0.1) is 0 Å². The van der Waals surface area contributed by atoms with Gasteiger partial charge in [0.2, 0.25) is 0 Å². The smallest absolute Gasteiger partial charge is 0.409 e. The van der Waals surface area contributed by atoms with Crippen molar-refractivity contribution < 1.29 is 9.53 Å². The Morgan fingerprint density at radius 2 is 2.00 bits per heavy atom. The number of nitrogens with two attached hydrogens (primary N) is 1. The van der Waals surface area contributed by atoms with Crippen molar-refractivity contribution in [2.24, 2.45) is 11.7 Å². The Labute approximate surface area is 90.8 Å². The average molecular weight is 212 g/mol. The first-order valence-electron chi connectivity index (χ1n) is 5.77. The second-order valence-corrected chi connectivity index (χ2v) is 4.82. The fourth-order valence-corrected chi connectivity index (χ4v) is 2.76. The van der Waals surface area contributed by atoms with Crippen molar-refractivity contribution in [1.82, 2.24) is 4.90 Å². The van der Waals surface area contributed by atoms with Crippen LogP contribution in [0.25, 0.3) is 0 Å². The van der Waals surface area contributed by atoms with Crippen molar-refractivity contribution in [2.45, 2.75) is 37.6 Å². The van der Waals surface area contributed by atoms with Gasteiger partial charge in [-0.05, 0) is 38.0 Å². The van der Waals surface area contributed by atoms with E-state index in [1.807, 2.05) is 0 Å². The van der Waals surface area contributed by atoms with Gasteiger partial charge in [-0.3, -0.25) is 0 Å². The van der Waals surface area contributed by atoms with Crippen LogP contribution in [0.1, 0.15) is 32.1 Å². The first kappa shape index (κ1) is 10.7. The minimum absolute atomic E-state index is 0.0855. The number of carbonyl (C=O) groups is 1. The fraction of sp³-hybridized carbons (Fsp3) is 0.909. The summed E-state index contributed by atoms with van der Waals surface area (Å²) in [6.07, 6.45) is 5.46. The maximum absolute atomic E-state index is 11.3. The lowest BCUT2D eigenvalue weighted by Crippen LogP contribution is -2.56. The van der Waals surface area contributed by atoms with E-state index in [1.165, 1.54) is 13.5 Å². The molecule has 0 bridgehead atoms. The molecule has 2 rings (SSSR count). The van der Waals surface area contributed by atoms with E-state index in [2.05, 4.69) is 0 Å². The molecule has 1 amide bonds. The van der Waals surface area contributed by atoms with Crippen molar-refractivity contribution in [3.8, 4) is 0 Å². The average Bonchev–Trinajstić information content (AvgIpc) is 2.25. The molecule has 2 aliphatic rings. The number of amides is 1. The highest BCUT2D eigenvalue weighted by molar-refractivity contribution is 5.67. The van der Waals surface area contributed by atoms with Crippen LogP contribution in [0.15, 0.2) is 0 Å². The largest absolute Gasteiger partial charge is 0.453 e. The lowest BCUT2D eigenvalue weighted by atomic mass is 9.66. The van der Waals surface area contributed by atoms with Crippen LogP contribution in [-0.2, 0) is 4.74 Å². The number of hydrogen-bond acceptors (Lipinski definition) is 3. The van der Waals surface area contributed by atoms with Crippen LogP contribution in [0.2, 0.25) is 0 Å². The lowest BCUT2D eigenvalue weighted by molar-refractivity contribution is 0.0674. The van der Waals surface area contributed by atoms with Crippen LogP contribution in [0.4, 0.5) is 4.79 Å². The summed E-state index contributed by atoms with van der Waals surface area (Å²) in [6.45, 7) is 1.60. The molecule has 86 valence electrons. The molecule has 15 heavy (non-hydrogen) atoms. The molecule has 2 fully saturated rings. The van der Waals surface area contributed by atoms with E-state index in [4.69, 9.17) is 10.5 Å². The Bertz CT molecular complexity index is 243. The molecule has 4 heteroatoms. The summed E-state index contributed by atoms with van der Waals surface area (Å²) in [5.74, 6) is 0.604. The fourth-order valence-electron chi connectivity index (χ4n) is 2.76. The van der Waals surface area contributed by atoms with Gasteiger partial charge in [0.1, 0.15) is 0 Å². The third-order valence-corrected chi connectivity index (χ3v) is 4.03. The zero-order valence-corrected chi connectivity index (χ0v) is 9.37. The number of rotatable bonds is 1. The van der Waals surface area contributed by atoms with Gasteiger partial charge in [0.15, 0.2) is 0 Å². The molecule has 2 N–H and O–H groups in total. The van der Waals surface area contributed by atoms with Crippen molar-refractivity contribution >= 4 is 6.09 Å². The predicted molar refractivity (Wildman–Crippen MR) is 57.5 cm³/mol. The van der Waals surface area contributed by atoms with E-state index >= 15 is 0 Å². The zero-order chi connectivity index (χ0) is 10.9. The monoisotopic (exact) mass is 212 g/mol. The van der Waals surface area contributed by atoms with Gasteiger partial charge < -0.3 is 15.4 Å². The van der Waals surface area contributed by atoms with Crippen LogP contribution >= 0.6 is 0 Å². The summed E-state index contributed by atoms with van der Waals surface area (Å²) in [6, 6.07) is 0. The lowest BCUT2D eigenvalue weighted by Gasteiger charge is -2.47. The number of piperidine rings is 1. The van der Waals surface area contributed by atoms with E-state index < -0.39 is 0 Å². The molecular formula is C11H20N2O2.